The molecule has 2 rings (SSSR count). The molecule has 0 aliphatic carbocycles. The minimum absolute atomic E-state index is 0.120. The molecule has 4 nitrogen and oxygen atoms in total. The quantitative estimate of drug-likeness (QED) is 0.270. The van der Waals surface area contributed by atoms with E-state index in [2.05, 4.69) is 24.4 Å². The highest BCUT2D eigenvalue weighted by Gasteiger charge is 2.04. The van der Waals surface area contributed by atoms with Crippen LogP contribution in [0.1, 0.15) is 63.5 Å². The molecule has 0 aliphatic rings. The number of esters is 1. The predicted molar refractivity (Wildman–Crippen MR) is 123 cm³/mol. The number of amides is 1. The van der Waals surface area contributed by atoms with Gasteiger partial charge in [-0.25, -0.2) is 4.79 Å². The van der Waals surface area contributed by atoms with Gasteiger partial charge in [-0.2, -0.15) is 0 Å². The summed E-state index contributed by atoms with van der Waals surface area (Å²) in [6, 6.07) is 16.2. The van der Waals surface area contributed by atoms with Gasteiger partial charge in [0.2, 0.25) is 5.91 Å². The first-order valence-electron chi connectivity index (χ1n) is 10.9. The monoisotopic (exact) mass is 407 g/mol. The van der Waals surface area contributed by atoms with Crippen LogP contribution < -0.4 is 5.32 Å². The third-order valence-electron chi connectivity index (χ3n) is 4.87. The second-order valence-corrected chi connectivity index (χ2v) is 7.35. The van der Waals surface area contributed by atoms with Crippen LogP contribution in [0.2, 0.25) is 0 Å². The molecule has 0 radical (unpaired) electrons. The van der Waals surface area contributed by atoms with Crippen LogP contribution in [0, 0.1) is 0 Å². The van der Waals surface area contributed by atoms with E-state index in [1.165, 1.54) is 25.3 Å². The molecular formula is C26H33NO3. The fourth-order valence-electron chi connectivity index (χ4n) is 3.18. The fraction of sp³-hybridized carbons (Fsp3) is 0.385. The third kappa shape index (κ3) is 8.64. The lowest BCUT2D eigenvalue weighted by Gasteiger charge is -2.08. The van der Waals surface area contributed by atoms with Gasteiger partial charge in [-0.3, -0.25) is 4.79 Å². The van der Waals surface area contributed by atoms with Gasteiger partial charge in [0.15, 0.2) is 0 Å². The summed E-state index contributed by atoms with van der Waals surface area (Å²) in [5, 5.41) is 3.02. The molecule has 1 N–H and O–H groups in total. The van der Waals surface area contributed by atoms with Crippen LogP contribution in [-0.4, -0.2) is 18.5 Å². The number of ether oxygens (including phenoxy) is 1. The Morgan fingerprint density at radius 3 is 2.43 bits per heavy atom. The number of nitrogens with one attached hydrogen (secondary N) is 1. The van der Waals surface area contributed by atoms with Gasteiger partial charge in [-0.05, 0) is 47.7 Å². The lowest BCUT2D eigenvalue weighted by molar-refractivity contribution is -0.137. The topological polar surface area (TPSA) is 55.4 Å². The first kappa shape index (κ1) is 23.4. The second-order valence-electron chi connectivity index (χ2n) is 7.35. The normalized spacial score (nSPS) is 10.9. The standard InChI is InChI=1S/C26H33NO3/c1-3-5-6-7-8-12-25(28)27-20-22-10-9-11-24(19-22)23-16-13-21(14-17-23)15-18-26(29)30-4-2/h9-11,13-19H,3-8,12,20H2,1-2H3,(H,27,28). The van der Waals surface area contributed by atoms with E-state index in [9.17, 15) is 9.59 Å². The van der Waals surface area contributed by atoms with E-state index in [0.29, 0.717) is 19.6 Å². The summed E-state index contributed by atoms with van der Waals surface area (Å²) in [7, 11) is 0. The molecule has 0 heterocycles. The Balaban J connectivity index is 1.87. The largest absolute Gasteiger partial charge is 0.463 e. The first-order chi connectivity index (χ1) is 14.6. The Morgan fingerprint density at radius 2 is 1.70 bits per heavy atom. The van der Waals surface area contributed by atoms with E-state index < -0.39 is 0 Å². The molecular weight excluding hydrogens is 374 g/mol. The second kappa shape index (κ2) is 13.4. The number of carbonyl (C=O) groups excluding carboxylic acids is 2. The Morgan fingerprint density at radius 1 is 0.933 bits per heavy atom. The molecule has 30 heavy (non-hydrogen) atoms. The molecule has 160 valence electrons. The zero-order valence-electron chi connectivity index (χ0n) is 18.2. The van der Waals surface area contributed by atoms with Crippen LogP contribution >= 0.6 is 0 Å². The first-order valence-corrected chi connectivity index (χ1v) is 10.9. The van der Waals surface area contributed by atoms with Crippen molar-refractivity contribution < 1.29 is 14.3 Å². The van der Waals surface area contributed by atoms with Gasteiger partial charge >= 0.3 is 5.97 Å². The van der Waals surface area contributed by atoms with Crippen LogP contribution in [0.5, 0.6) is 0 Å². The number of hydrogen-bond donors (Lipinski definition) is 1. The lowest BCUT2D eigenvalue weighted by Crippen LogP contribution is -2.22. The van der Waals surface area contributed by atoms with Crippen molar-refractivity contribution in [2.24, 2.45) is 0 Å². The van der Waals surface area contributed by atoms with E-state index in [1.54, 1.807) is 13.0 Å². The number of unbranched alkanes of at least 4 members (excludes halogenated alkanes) is 4. The summed E-state index contributed by atoms with van der Waals surface area (Å²) in [5.41, 5.74) is 4.21. The van der Waals surface area contributed by atoms with Crippen molar-refractivity contribution in [2.45, 2.75) is 58.9 Å². The van der Waals surface area contributed by atoms with E-state index in [1.807, 2.05) is 36.4 Å². The van der Waals surface area contributed by atoms with Gasteiger partial charge < -0.3 is 10.1 Å². The summed E-state index contributed by atoms with van der Waals surface area (Å²) in [6.07, 6.45) is 9.55. The van der Waals surface area contributed by atoms with E-state index in [0.717, 1.165) is 35.1 Å². The SMILES string of the molecule is CCCCCCCC(=O)NCc1cccc(-c2ccc(C=CC(=O)OCC)cc2)c1. The highest BCUT2D eigenvalue weighted by atomic mass is 16.5. The molecule has 1 amide bonds. The average Bonchev–Trinajstić information content (AvgIpc) is 2.77. The molecule has 2 aromatic carbocycles. The molecule has 2 aromatic rings. The van der Waals surface area contributed by atoms with Crippen molar-refractivity contribution in [3.8, 4) is 11.1 Å². The summed E-state index contributed by atoms with van der Waals surface area (Å²) < 4.78 is 4.89. The van der Waals surface area contributed by atoms with Crippen molar-refractivity contribution in [1.29, 1.82) is 0 Å². The maximum atomic E-state index is 12.0. The van der Waals surface area contributed by atoms with E-state index in [4.69, 9.17) is 4.74 Å². The van der Waals surface area contributed by atoms with Gasteiger partial charge in [-0.15, -0.1) is 0 Å². The van der Waals surface area contributed by atoms with Crippen LogP contribution in [0.4, 0.5) is 0 Å². The molecule has 0 bridgehead atoms. The highest BCUT2D eigenvalue weighted by molar-refractivity contribution is 5.87. The van der Waals surface area contributed by atoms with Crippen LogP contribution in [-0.2, 0) is 20.9 Å². The van der Waals surface area contributed by atoms with Crippen LogP contribution in [0.3, 0.4) is 0 Å². The summed E-state index contributed by atoms with van der Waals surface area (Å²) in [4.78, 5) is 23.5. The van der Waals surface area contributed by atoms with E-state index in [-0.39, 0.29) is 11.9 Å². The molecule has 0 saturated carbocycles. The molecule has 0 aliphatic heterocycles. The van der Waals surface area contributed by atoms with E-state index >= 15 is 0 Å². The molecule has 0 unspecified atom stereocenters. The van der Waals surface area contributed by atoms with Crippen molar-refractivity contribution in [2.75, 3.05) is 6.61 Å². The van der Waals surface area contributed by atoms with Gasteiger partial charge in [0.05, 0.1) is 6.61 Å². The molecule has 4 heteroatoms. The third-order valence-corrected chi connectivity index (χ3v) is 4.87. The zero-order valence-corrected chi connectivity index (χ0v) is 18.2. The number of carbonyl (C=O) groups is 2. The Kier molecular flexibility index (Phi) is 10.4. The Hall–Kier alpha value is -2.88. The predicted octanol–water partition coefficient (Wildman–Crippen LogP) is 5.91. The molecule has 0 saturated heterocycles. The zero-order chi connectivity index (χ0) is 21.6. The molecule has 0 spiro atoms. The number of rotatable bonds is 12. The van der Waals surface area contributed by atoms with Gasteiger partial charge in [0, 0.05) is 19.0 Å². The van der Waals surface area contributed by atoms with Gasteiger partial charge in [0.25, 0.3) is 0 Å². The molecule has 0 fully saturated rings. The maximum Gasteiger partial charge on any atom is 0.330 e. The van der Waals surface area contributed by atoms with Crippen molar-refractivity contribution in [3.63, 3.8) is 0 Å². The minimum Gasteiger partial charge on any atom is -0.463 e. The summed E-state index contributed by atoms with van der Waals surface area (Å²) in [5.74, 6) is -0.216. The highest BCUT2D eigenvalue weighted by Crippen LogP contribution is 2.21. The number of hydrogen-bond acceptors (Lipinski definition) is 3. The fourth-order valence-corrected chi connectivity index (χ4v) is 3.18. The summed E-state index contributed by atoms with van der Waals surface area (Å²) in [6.45, 7) is 4.90. The Labute approximate surface area is 180 Å². The van der Waals surface area contributed by atoms with Crippen LogP contribution in [0.25, 0.3) is 17.2 Å². The van der Waals surface area contributed by atoms with Crippen molar-refractivity contribution >= 4 is 18.0 Å². The molecule has 0 aromatic heterocycles. The maximum absolute atomic E-state index is 12.0. The van der Waals surface area contributed by atoms with Crippen LogP contribution in [0.15, 0.2) is 54.6 Å². The smallest absolute Gasteiger partial charge is 0.330 e. The summed E-state index contributed by atoms with van der Waals surface area (Å²) >= 11 is 0. The number of benzene rings is 2. The van der Waals surface area contributed by atoms with Crippen molar-refractivity contribution in [1.82, 2.24) is 5.32 Å². The minimum atomic E-state index is -0.336. The van der Waals surface area contributed by atoms with Crippen molar-refractivity contribution in [3.05, 3.63) is 65.7 Å². The van der Waals surface area contributed by atoms with Gasteiger partial charge in [0.1, 0.15) is 0 Å². The Bertz CT molecular complexity index is 824. The average molecular weight is 408 g/mol. The van der Waals surface area contributed by atoms with Gasteiger partial charge in [-0.1, -0.05) is 75.1 Å². The molecule has 0 atom stereocenters. The lowest BCUT2D eigenvalue weighted by atomic mass is 10.0.